The minimum Gasteiger partial charge on any atom is -0.491 e. The summed E-state index contributed by atoms with van der Waals surface area (Å²) in [6.07, 6.45) is 0.104. The van der Waals surface area contributed by atoms with Gasteiger partial charge in [-0.15, -0.1) is 0 Å². The van der Waals surface area contributed by atoms with Gasteiger partial charge in [0.2, 0.25) is 0 Å². The van der Waals surface area contributed by atoms with Crippen LogP contribution in [0, 0.1) is 0 Å². The van der Waals surface area contributed by atoms with Gasteiger partial charge in [0.25, 0.3) is 0 Å². The molecule has 0 aliphatic heterocycles. The fraction of sp³-hybridized carbons (Fsp3) is 0.500. The molecule has 0 bridgehead atoms. The highest BCUT2D eigenvalue weighted by Gasteiger charge is 2.08. The van der Waals surface area contributed by atoms with Crippen LogP contribution >= 0.6 is 0 Å². The molecule has 1 atom stereocenters. The van der Waals surface area contributed by atoms with Crippen molar-refractivity contribution in [1.82, 2.24) is 0 Å². The molecular weight excluding hydrogens is 224 g/mol. The first-order valence-electron chi connectivity index (χ1n) is 5.34. The monoisotopic (exact) mass is 242 g/mol. The summed E-state index contributed by atoms with van der Waals surface area (Å²) in [4.78, 5) is 0. The Labute approximate surface area is 98.9 Å². The maximum atomic E-state index is 11.5. The lowest BCUT2D eigenvalue weighted by Crippen LogP contribution is -2.10. The van der Waals surface area contributed by atoms with Gasteiger partial charge in [-0.2, -0.15) is 0 Å². The van der Waals surface area contributed by atoms with Gasteiger partial charge in [-0.25, -0.2) is 0 Å². The fourth-order valence-electron chi connectivity index (χ4n) is 1.34. The number of hydrogen-bond acceptors (Lipinski definition) is 3. The van der Waals surface area contributed by atoms with Crippen LogP contribution in [0.2, 0.25) is 0 Å². The smallest absolute Gasteiger partial charge is 0.123 e. The summed E-state index contributed by atoms with van der Waals surface area (Å²) in [7, 11) is -1.03. The molecule has 1 unspecified atom stereocenters. The molecule has 1 rings (SSSR count). The highest BCUT2D eigenvalue weighted by atomic mass is 32.2. The van der Waals surface area contributed by atoms with Crippen LogP contribution < -0.4 is 4.74 Å². The zero-order chi connectivity index (χ0) is 12.0. The third-order valence-electron chi connectivity index (χ3n) is 1.97. The number of hydrogen-bond donors (Lipinski definition) is 1. The molecule has 4 heteroatoms. The Balaban J connectivity index is 2.74. The molecule has 90 valence electrons. The van der Waals surface area contributed by atoms with Crippen molar-refractivity contribution in [3.8, 4) is 5.75 Å². The van der Waals surface area contributed by atoms with E-state index in [1.54, 1.807) is 0 Å². The Morgan fingerprint density at radius 1 is 1.38 bits per heavy atom. The van der Waals surface area contributed by atoms with Gasteiger partial charge in [0.1, 0.15) is 5.75 Å². The van der Waals surface area contributed by atoms with Gasteiger partial charge in [0.15, 0.2) is 0 Å². The Kier molecular flexibility index (Phi) is 5.49. The molecular formula is C12H18O3S. The molecule has 0 heterocycles. The lowest BCUT2D eigenvalue weighted by atomic mass is 10.2. The SMILES string of the molecule is CC(C)Oc1ccccc1CS(=O)CCO. The normalized spacial score (nSPS) is 12.8. The molecule has 0 aromatic heterocycles. The van der Waals surface area contributed by atoms with E-state index in [2.05, 4.69) is 0 Å². The third kappa shape index (κ3) is 4.33. The molecule has 0 radical (unpaired) electrons. The van der Waals surface area contributed by atoms with Crippen LogP contribution in [0.15, 0.2) is 24.3 Å². The second-order valence-corrected chi connectivity index (χ2v) is 5.36. The zero-order valence-electron chi connectivity index (χ0n) is 9.68. The molecule has 1 aromatic carbocycles. The van der Waals surface area contributed by atoms with Crippen molar-refractivity contribution in [3.05, 3.63) is 29.8 Å². The summed E-state index contributed by atoms with van der Waals surface area (Å²) in [5.41, 5.74) is 0.933. The standard InChI is InChI=1S/C12H18O3S/c1-10(2)15-12-6-4-3-5-11(12)9-16(14)8-7-13/h3-6,10,13H,7-9H2,1-2H3. The molecule has 1 aromatic rings. The first-order valence-corrected chi connectivity index (χ1v) is 6.82. The lowest BCUT2D eigenvalue weighted by molar-refractivity contribution is 0.240. The van der Waals surface area contributed by atoms with E-state index in [1.807, 2.05) is 38.1 Å². The van der Waals surface area contributed by atoms with E-state index in [-0.39, 0.29) is 12.7 Å². The van der Waals surface area contributed by atoms with Gasteiger partial charge in [0.05, 0.1) is 18.5 Å². The maximum absolute atomic E-state index is 11.5. The summed E-state index contributed by atoms with van der Waals surface area (Å²) in [6.45, 7) is 3.88. The second-order valence-electron chi connectivity index (χ2n) is 3.79. The Hall–Kier alpha value is -0.870. The molecule has 3 nitrogen and oxygen atoms in total. The molecule has 0 amide bonds. The largest absolute Gasteiger partial charge is 0.491 e. The number of aliphatic hydroxyl groups excluding tert-OH is 1. The van der Waals surface area contributed by atoms with Crippen molar-refractivity contribution in [2.75, 3.05) is 12.4 Å². The van der Waals surface area contributed by atoms with Gasteiger partial charge < -0.3 is 9.84 Å². The molecule has 0 aliphatic rings. The summed E-state index contributed by atoms with van der Waals surface area (Å²) >= 11 is 0. The minimum absolute atomic E-state index is 0.0418. The highest BCUT2D eigenvalue weighted by Crippen LogP contribution is 2.20. The molecule has 0 saturated carbocycles. The van der Waals surface area contributed by atoms with Gasteiger partial charge >= 0.3 is 0 Å². The van der Waals surface area contributed by atoms with E-state index in [1.165, 1.54) is 0 Å². The zero-order valence-corrected chi connectivity index (χ0v) is 10.5. The van der Waals surface area contributed by atoms with Gasteiger partial charge in [0, 0.05) is 22.1 Å². The van der Waals surface area contributed by atoms with Crippen molar-refractivity contribution < 1.29 is 14.1 Å². The predicted octanol–water partition coefficient (Wildman–Crippen LogP) is 1.71. The Morgan fingerprint density at radius 2 is 2.06 bits per heavy atom. The summed E-state index contributed by atoms with van der Waals surface area (Å²) < 4.78 is 17.2. The average Bonchev–Trinajstić information content (AvgIpc) is 2.20. The first kappa shape index (κ1) is 13.2. The molecule has 0 spiro atoms. The molecule has 0 saturated heterocycles. The third-order valence-corrected chi connectivity index (χ3v) is 3.24. The van der Waals surface area contributed by atoms with E-state index in [4.69, 9.17) is 9.84 Å². The van der Waals surface area contributed by atoms with Crippen LogP contribution in [-0.4, -0.2) is 27.8 Å². The fourth-order valence-corrected chi connectivity index (χ4v) is 2.27. The molecule has 1 N–H and O–H groups in total. The highest BCUT2D eigenvalue weighted by molar-refractivity contribution is 7.84. The van der Waals surface area contributed by atoms with E-state index >= 15 is 0 Å². The van der Waals surface area contributed by atoms with Crippen LogP contribution in [0.1, 0.15) is 19.4 Å². The van der Waals surface area contributed by atoms with E-state index < -0.39 is 10.8 Å². The molecule has 0 aliphatic carbocycles. The number of para-hydroxylation sites is 1. The van der Waals surface area contributed by atoms with Crippen molar-refractivity contribution in [1.29, 1.82) is 0 Å². The molecule has 16 heavy (non-hydrogen) atoms. The summed E-state index contributed by atoms with van der Waals surface area (Å²) in [6, 6.07) is 7.59. The van der Waals surface area contributed by atoms with E-state index in [0.717, 1.165) is 11.3 Å². The van der Waals surface area contributed by atoms with Crippen LogP contribution in [0.25, 0.3) is 0 Å². The average molecular weight is 242 g/mol. The first-order chi connectivity index (χ1) is 7.63. The van der Waals surface area contributed by atoms with E-state index in [9.17, 15) is 4.21 Å². The Morgan fingerprint density at radius 3 is 2.69 bits per heavy atom. The quantitative estimate of drug-likeness (QED) is 0.826. The van der Waals surface area contributed by atoms with E-state index in [0.29, 0.717) is 11.5 Å². The topological polar surface area (TPSA) is 46.5 Å². The lowest BCUT2D eigenvalue weighted by Gasteiger charge is -2.13. The summed E-state index contributed by atoms with van der Waals surface area (Å²) in [5, 5.41) is 8.71. The Bertz CT molecular complexity index is 350. The van der Waals surface area contributed by atoms with Crippen molar-refractivity contribution in [2.45, 2.75) is 25.7 Å². The van der Waals surface area contributed by atoms with Crippen molar-refractivity contribution in [3.63, 3.8) is 0 Å². The number of rotatable bonds is 6. The van der Waals surface area contributed by atoms with Gasteiger partial charge in [-0.3, -0.25) is 4.21 Å². The second kappa shape index (κ2) is 6.66. The predicted molar refractivity (Wildman–Crippen MR) is 66.0 cm³/mol. The van der Waals surface area contributed by atoms with Gasteiger partial charge in [-0.1, -0.05) is 18.2 Å². The summed E-state index contributed by atoms with van der Waals surface area (Å²) in [5.74, 6) is 1.53. The maximum Gasteiger partial charge on any atom is 0.123 e. The van der Waals surface area contributed by atoms with Crippen LogP contribution in [-0.2, 0) is 16.6 Å². The minimum atomic E-state index is -1.03. The number of benzene rings is 1. The number of aliphatic hydroxyl groups is 1. The van der Waals surface area contributed by atoms with Crippen molar-refractivity contribution >= 4 is 10.8 Å². The van der Waals surface area contributed by atoms with Gasteiger partial charge in [-0.05, 0) is 19.9 Å². The number of ether oxygens (including phenoxy) is 1. The molecule has 0 fully saturated rings. The van der Waals surface area contributed by atoms with Crippen LogP contribution in [0.4, 0.5) is 0 Å². The van der Waals surface area contributed by atoms with Crippen LogP contribution in [0.3, 0.4) is 0 Å². The van der Waals surface area contributed by atoms with Crippen LogP contribution in [0.5, 0.6) is 5.75 Å². The van der Waals surface area contributed by atoms with Crippen molar-refractivity contribution in [2.24, 2.45) is 0 Å².